The molecule has 0 unspecified atom stereocenters. The maximum atomic E-state index is 10.9. The Morgan fingerprint density at radius 1 is 1.33 bits per heavy atom. The average molecular weight is 255 g/mol. The second-order valence-corrected chi connectivity index (χ2v) is 6.13. The second-order valence-electron chi connectivity index (χ2n) is 6.13. The normalized spacial score (nSPS) is 25.1. The Balaban J connectivity index is 1.94. The van der Waals surface area contributed by atoms with Gasteiger partial charge in [-0.25, -0.2) is 0 Å². The lowest BCUT2D eigenvalue weighted by Gasteiger charge is -2.46. The van der Waals surface area contributed by atoms with Gasteiger partial charge in [0.15, 0.2) is 0 Å². The van der Waals surface area contributed by atoms with Crippen LogP contribution in [0.15, 0.2) is 0 Å². The molecule has 0 spiro atoms. The summed E-state index contributed by atoms with van der Waals surface area (Å²) in [6.07, 6.45) is 5.20. The number of rotatable bonds is 6. The van der Waals surface area contributed by atoms with E-state index in [4.69, 9.17) is 5.11 Å². The first-order chi connectivity index (χ1) is 8.48. The van der Waals surface area contributed by atoms with Crippen LogP contribution < -0.4 is 10.6 Å². The molecule has 1 saturated heterocycles. The Morgan fingerprint density at radius 2 is 1.94 bits per heavy atom. The molecule has 2 rings (SSSR count). The highest BCUT2D eigenvalue weighted by atomic mass is 16.4. The molecule has 1 heterocycles. The van der Waals surface area contributed by atoms with Crippen molar-refractivity contribution in [2.75, 3.05) is 33.7 Å². The Labute approximate surface area is 109 Å². The second kappa shape index (κ2) is 5.15. The Hall–Kier alpha value is -0.650. The van der Waals surface area contributed by atoms with Gasteiger partial charge < -0.3 is 20.6 Å². The molecule has 0 amide bonds. The molecule has 104 valence electrons. The fourth-order valence-electron chi connectivity index (χ4n) is 3.20. The molecule has 1 saturated carbocycles. The minimum absolute atomic E-state index is 0.212. The third-order valence-corrected chi connectivity index (χ3v) is 4.69. The van der Waals surface area contributed by atoms with Gasteiger partial charge in [0.05, 0.1) is 12.0 Å². The van der Waals surface area contributed by atoms with Crippen molar-refractivity contribution in [1.29, 1.82) is 0 Å². The van der Waals surface area contributed by atoms with Crippen LogP contribution in [0.25, 0.3) is 0 Å². The van der Waals surface area contributed by atoms with E-state index in [0.717, 1.165) is 19.6 Å². The molecule has 2 aliphatic rings. The van der Waals surface area contributed by atoms with E-state index in [0.29, 0.717) is 0 Å². The molecule has 0 atom stereocenters. The zero-order valence-electron chi connectivity index (χ0n) is 11.5. The van der Waals surface area contributed by atoms with Crippen molar-refractivity contribution in [1.82, 2.24) is 15.5 Å². The molecule has 18 heavy (non-hydrogen) atoms. The van der Waals surface area contributed by atoms with E-state index >= 15 is 0 Å². The fourth-order valence-corrected chi connectivity index (χ4v) is 3.20. The molecule has 0 radical (unpaired) electrons. The van der Waals surface area contributed by atoms with Crippen LogP contribution in [0.4, 0.5) is 0 Å². The minimum atomic E-state index is -0.714. The number of hydrogen-bond acceptors (Lipinski definition) is 4. The van der Waals surface area contributed by atoms with E-state index in [-0.39, 0.29) is 17.5 Å². The maximum Gasteiger partial charge on any atom is 0.305 e. The van der Waals surface area contributed by atoms with Gasteiger partial charge in [-0.05, 0) is 26.9 Å². The van der Waals surface area contributed by atoms with Crippen molar-refractivity contribution in [3.8, 4) is 0 Å². The van der Waals surface area contributed by atoms with Gasteiger partial charge in [0.1, 0.15) is 0 Å². The molecule has 0 aromatic heterocycles. The predicted octanol–water partition coefficient (Wildman–Crippen LogP) is 0.267. The number of carboxylic acids is 1. The Kier molecular flexibility index (Phi) is 3.94. The Bertz CT molecular complexity index is 307. The van der Waals surface area contributed by atoms with E-state index in [2.05, 4.69) is 29.6 Å². The number of aliphatic carboxylic acids is 1. The standard InChI is InChI=1S/C13H25N3O2/c1-16(2)13(5-3-4-6-13)10-15-12(7-11(17)18)8-14-9-12/h14-15H,3-10H2,1-2H3,(H,17,18). The van der Waals surface area contributed by atoms with Crippen LogP contribution in [0.1, 0.15) is 32.1 Å². The van der Waals surface area contributed by atoms with Crippen molar-refractivity contribution < 1.29 is 9.90 Å². The van der Waals surface area contributed by atoms with E-state index in [1.807, 2.05) is 0 Å². The topological polar surface area (TPSA) is 64.6 Å². The average Bonchev–Trinajstić information content (AvgIpc) is 2.71. The monoisotopic (exact) mass is 255 g/mol. The smallest absolute Gasteiger partial charge is 0.305 e. The van der Waals surface area contributed by atoms with E-state index in [1.54, 1.807) is 0 Å². The van der Waals surface area contributed by atoms with E-state index in [9.17, 15) is 4.79 Å². The fraction of sp³-hybridized carbons (Fsp3) is 0.923. The summed E-state index contributed by atoms with van der Waals surface area (Å²) in [5.41, 5.74) is -0.00146. The predicted molar refractivity (Wildman–Crippen MR) is 70.7 cm³/mol. The summed E-state index contributed by atoms with van der Waals surface area (Å²) in [6, 6.07) is 0. The summed E-state index contributed by atoms with van der Waals surface area (Å²) in [6.45, 7) is 2.43. The summed E-state index contributed by atoms with van der Waals surface area (Å²) in [4.78, 5) is 13.3. The SMILES string of the molecule is CN(C)C1(CNC2(CC(=O)O)CNC2)CCCC1. The largest absolute Gasteiger partial charge is 0.481 e. The van der Waals surface area contributed by atoms with Crippen LogP contribution in [-0.4, -0.2) is 60.8 Å². The van der Waals surface area contributed by atoms with Gasteiger partial charge in [-0.15, -0.1) is 0 Å². The summed E-state index contributed by atoms with van der Waals surface area (Å²) in [5.74, 6) is -0.714. The molecule has 5 nitrogen and oxygen atoms in total. The lowest BCUT2D eigenvalue weighted by atomic mass is 9.86. The maximum absolute atomic E-state index is 10.9. The zero-order chi connectivity index (χ0) is 13.2. The van der Waals surface area contributed by atoms with Crippen molar-refractivity contribution >= 4 is 5.97 Å². The van der Waals surface area contributed by atoms with Gasteiger partial charge >= 0.3 is 5.97 Å². The van der Waals surface area contributed by atoms with Crippen LogP contribution in [0.3, 0.4) is 0 Å². The lowest BCUT2D eigenvalue weighted by molar-refractivity contribution is -0.139. The highest BCUT2D eigenvalue weighted by Crippen LogP contribution is 2.34. The molecule has 2 fully saturated rings. The highest BCUT2D eigenvalue weighted by molar-refractivity contribution is 5.68. The first-order valence-electron chi connectivity index (χ1n) is 6.83. The number of carbonyl (C=O) groups is 1. The molecule has 0 aromatic rings. The van der Waals surface area contributed by atoms with Crippen LogP contribution >= 0.6 is 0 Å². The van der Waals surface area contributed by atoms with Gasteiger partial charge in [-0.2, -0.15) is 0 Å². The molecule has 0 bridgehead atoms. The Morgan fingerprint density at radius 3 is 2.33 bits per heavy atom. The van der Waals surface area contributed by atoms with Crippen molar-refractivity contribution in [2.24, 2.45) is 0 Å². The molecule has 5 heteroatoms. The lowest BCUT2D eigenvalue weighted by Crippen LogP contribution is -2.70. The van der Waals surface area contributed by atoms with Crippen molar-refractivity contribution in [3.05, 3.63) is 0 Å². The number of hydrogen-bond donors (Lipinski definition) is 3. The number of likely N-dealkylation sites (N-methyl/N-ethyl adjacent to an activating group) is 1. The number of nitrogens with zero attached hydrogens (tertiary/aromatic N) is 1. The minimum Gasteiger partial charge on any atom is -0.481 e. The summed E-state index contributed by atoms with van der Waals surface area (Å²) >= 11 is 0. The number of nitrogens with one attached hydrogen (secondary N) is 2. The third kappa shape index (κ3) is 2.68. The van der Waals surface area contributed by atoms with Gasteiger partial charge in [-0.3, -0.25) is 4.79 Å². The van der Waals surface area contributed by atoms with Gasteiger partial charge in [0.25, 0.3) is 0 Å². The molecule has 3 N–H and O–H groups in total. The quantitative estimate of drug-likeness (QED) is 0.636. The summed E-state index contributed by atoms with van der Waals surface area (Å²) < 4.78 is 0. The molecular weight excluding hydrogens is 230 g/mol. The molecule has 1 aliphatic carbocycles. The van der Waals surface area contributed by atoms with Crippen molar-refractivity contribution in [3.63, 3.8) is 0 Å². The van der Waals surface area contributed by atoms with Crippen LogP contribution in [0.5, 0.6) is 0 Å². The molecular formula is C13H25N3O2. The number of carboxylic acid groups (broad SMARTS) is 1. The van der Waals surface area contributed by atoms with Crippen LogP contribution in [-0.2, 0) is 4.79 Å². The highest BCUT2D eigenvalue weighted by Gasteiger charge is 2.43. The van der Waals surface area contributed by atoms with Crippen LogP contribution in [0.2, 0.25) is 0 Å². The first-order valence-corrected chi connectivity index (χ1v) is 6.83. The van der Waals surface area contributed by atoms with Gasteiger partial charge in [0, 0.05) is 25.2 Å². The summed E-state index contributed by atoms with van der Waals surface area (Å²) in [7, 11) is 4.27. The van der Waals surface area contributed by atoms with Crippen LogP contribution in [0, 0.1) is 0 Å². The zero-order valence-corrected chi connectivity index (χ0v) is 11.5. The summed E-state index contributed by atoms with van der Waals surface area (Å²) in [5, 5.41) is 15.7. The first kappa shape index (κ1) is 13.8. The van der Waals surface area contributed by atoms with Crippen molar-refractivity contribution in [2.45, 2.75) is 43.2 Å². The molecule has 0 aromatic carbocycles. The van der Waals surface area contributed by atoms with Gasteiger partial charge in [-0.1, -0.05) is 12.8 Å². The van der Waals surface area contributed by atoms with E-state index in [1.165, 1.54) is 25.7 Å². The van der Waals surface area contributed by atoms with Gasteiger partial charge in [0.2, 0.25) is 0 Å². The van der Waals surface area contributed by atoms with E-state index < -0.39 is 5.97 Å². The third-order valence-electron chi connectivity index (χ3n) is 4.69. The molecule has 1 aliphatic heterocycles.